The van der Waals surface area contributed by atoms with E-state index in [4.69, 9.17) is 0 Å². The van der Waals surface area contributed by atoms with Crippen molar-refractivity contribution in [1.29, 1.82) is 0 Å². The van der Waals surface area contributed by atoms with E-state index in [2.05, 4.69) is 19.1 Å². The van der Waals surface area contributed by atoms with E-state index < -0.39 is 0 Å². The summed E-state index contributed by atoms with van der Waals surface area (Å²) >= 11 is 0. The maximum Gasteiger partial charge on any atom is -0.0202 e. The van der Waals surface area contributed by atoms with E-state index in [-0.39, 0.29) is 0 Å². The molecule has 0 aromatic rings. The summed E-state index contributed by atoms with van der Waals surface area (Å²) in [4.78, 5) is 0. The zero-order chi connectivity index (χ0) is 5.56. The summed E-state index contributed by atoms with van der Waals surface area (Å²) in [5.74, 6) is 2.92. The van der Waals surface area contributed by atoms with Gasteiger partial charge in [-0.1, -0.05) is 19.1 Å². The van der Waals surface area contributed by atoms with E-state index in [1.165, 1.54) is 12.8 Å². The minimum absolute atomic E-state index is 0.958. The first kappa shape index (κ1) is 4.60. The first-order valence-corrected chi connectivity index (χ1v) is 3.54. The van der Waals surface area contributed by atoms with Gasteiger partial charge in [0, 0.05) is 0 Å². The van der Waals surface area contributed by atoms with Crippen LogP contribution in [0.25, 0.3) is 0 Å². The summed E-state index contributed by atoms with van der Waals surface area (Å²) in [5, 5.41) is 0. The third-order valence-electron chi connectivity index (χ3n) is 2.61. The molecule has 0 nitrogen and oxygen atoms in total. The Morgan fingerprint density at radius 1 is 1.25 bits per heavy atom. The van der Waals surface area contributed by atoms with E-state index in [0.29, 0.717) is 0 Å². The zero-order valence-corrected chi connectivity index (χ0v) is 5.30. The second-order valence-corrected chi connectivity index (χ2v) is 3.26. The lowest BCUT2D eigenvalue weighted by Crippen LogP contribution is -1.99. The second-order valence-electron chi connectivity index (χ2n) is 3.26. The molecule has 1 fully saturated rings. The molecule has 0 aromatic heterocycles. The fraction of sp³-hybridized carbons (Fsp3) is 0.750. The lowest BCUT2D eigenvalue weighted by molar-refractivity contribution is 0.493. The van der Waals surface area contributed by atoms with Gasteiger partial charge < -0.3 is 0 Å². The van der Waals surface area contributed by atoms with Crippen molar-refractivity contribution in [2.45, 2.75) is 19.8 Å². The Morgan fingerprint density at radius 3 is 2.38 bits per heavy atom. The Labute approximate surface area is 50.6 Å². The summed E-state index contributed by atoms with van der Waals surface area (Å²) in [7, 11) is 0. The van der Waals surface area contributed by atoms with Gasteiger partial charge in [-0.15, -0.1) is 0 Å². The van der Waals surface area contributed by atoms with Crippen molar-refractivity contribution in [3.05, 3.63) is 12.2 Å². The number of rotatable bonds is 0. The number of fused-ring (bicyclic) bond motifs is 2. The largest absolute Gasteiger partial charge is 0.0851 e. The summed E-state index contributed by atoms with van der Waals surface area (Å²) < 4.78 is 0. The number of hydrogen-bond acceptors (Lipinski definition) is 0. The molecule has 0 saturated heterocycles. The van der Waals surface area contributed by atoms with Crippen molar-refractivity contribution >= 4 is 0 Å². The molecule has 0 radical (unpaired) electrons. The molecule has 0 amide bonds. The van der Waals surface area contributed by atoms with Gasteiger partial charge in [-0.2, -0.15) is 0 Å². The third-order valence-corrected chi connectivity index (χ3v) is 2.61. The van der Waals surface area contributed by atoms with E-state index in [0.717, 1.165) is 17.8 Å². The Bertz CT molecular complexity index is 124. The molecule has 2 aliphatic rings. The van der Waals surface area contributed by atoms with Gasteiger partial charge in [0.15, 0.2) is 0 Å². The molecule has 1 unspecified atom stereocenters. The first-order chi connectivity index (χ1) is 3.86. The molecule has 2 rings (SSSR count). The Kier molecular flexibility index (Phi) is 0.787. The molecule has 0 heteroatoms. The normalized spacial score (nSPS) is 50.9. The highest BCUT2D eigenvalue weighted by Gasteiger charge is 2.32. The maximum absolute atomic E-state index is 2.40. The van der Waals surface area contributed by atoms with Crippen LogP contribution in [-0.4, -0.2) is 0 Å². The first-order valence-electron chi connectivity index (χ1n) is 3.54. The van der Waals surface area contributed by atoms with Gasteiger partial charge >= 0.3 is 0 Å². The van der Waals surface area contributed by atoms with Gasteiger partial charge in [0.2, 0.25) is 0 Å². The molecular weight excluding hydrogens is 96.1 g/mol. The molecule has 3 atom stereocenters. The van der Waals surface area contributed by atoms with E-state index >= 15 is 0 Å². The van der Waals surface area contributed by atoms with Crippen LogP contribution in [0, 0.1) is 17.8 Å². The van der Waals surface area contributed by atoms with Crippen LogP contribution in [0.2, 0.25) is 0 Å². The van der Waals surface area contributed by atoms with Crippen LogP contribution >= 0.6 is 0 Å². The van der Waals surface area contributed by atoms with Gasteiger partial charge in [0.05, 0.1) is 0 Å². The molecule has 0 heterocycles. The van der Waals surface area contributed by atoms with Gasteiger partial charge in [-0.25, -0.2) is 0 Å². The van der Waals surface area contributed by atoms with Gasteiger partial charge in [0.1, 0.15) is 0 Å². The quantitative estimate of drug-likeness (QED) is 0.417. The van der Waals surface area contributed by atoms with Crippen molar-refractivity contribution in [3.8, 4) is 0 Å². The summed E-state index contributed by atoms with van der Waals surface area (Å²) in [5.41, 5.74) is 0. The number of hydrogen-bond donors (Lipinski definition) is 0. The van der Waals surface area contributed by atoms with Crippen LogP contribution < -0.4 is 0 Å². The highest BCUT2D eigenvalue weighted by Crippen LogP contribution is 2.42. The molecule has 2 aliphatic carbocycles. The molecule has 0 N–H and O–H groups in total. The van der Waals surface area contributed by atoms with Gasteiger partial charge in [-0.3, -0.25) is 0 Å². The summed E-state index contributed by atoms with van der Waals surface area (Å²) in [6.45, 7) is 2.37. The summed E-state index contributed by atoms with van der Waals surface area (Å²) in [6, 6.07) is 0. The van der Waals surface area contributed by atoms with Crippen molar-refractivity contribution in [3.63, 3.8) is 0 Å². The van der Waals surface area contributed by atoms with Crippen LogP contribution in [0.4, 0.5) is 0 Å². The van der Waals surface area contributed by atoms with Crippen molar-refractivity contribution in [1.82, 2.24) is 0 Å². The van der Waals surface area contributed by atoms with Gasteiger partial charge in [0.25, 0.3) is 0 Å². The van der Waals surface area contributed by atoms with E-state index in [1.54, 1.807) is 0 Å². The molecule has 1 saturated carbocycles. The molecule has 0 aliphatic heterocycles. The van der Waals surface area contributed by atoms with Gasteiger partial charge in [-0.05, 0) is 30.6 Å². The van der Waals surface area contributed by atoms with Crippen molar-refractivity contribution < 1.29 is 0 Å². The van der Waals surface area contributed by atoms with E-state index in [1.807, 2.05) is 0 Å². The molecule has 2 bridgehead atoms. The fourth-order valence-corrected chi connectivity index (χ4v) is 2.06. The van der Waals surface area contributed by atoms with Crippen molar-refractivity contribution in [2.75, 3.05) is 0 Å². The minimum atomic E-state index is 0.958. The monoisotopic (exact) mass is 108 g/mol. The molecule has 0 aromatic carbocycles. The zero-order valence-electron chi connectivity index (χ0n) is 5.30. The van der Waals surface area contributed by atoms with Crippen LogP contribution in [0.5, 0.6) is 0 Å². The third kappa shape index (κ3) is 0.460. The number of allylic oxidation sites excluding steroid dienone is 2. The maximum atomic E-state index is 2.40. The molecule has 8 heavy (non-hydrogen) atoms. The fourth-order valence-electron chi connectivity index (χ4n) is 2.06. The molecule has 44 valence electrons. The van der Waals surface area contributed by atoms with Crippen LogP contribution in [-0.2, 0) is 0 Å². The SMILES string of the molecule is CC1C[C@H]2C=C[C@@H]1C2. The predicted octanol–water partition coefficient (Wildman–Crippen LogP) is 2.22. The summed E-state index contributed by atoms with van der Waals surface area (Å²) in [6.07, 6.45) is 7.71. The van der Waals surface area contributed by atoms with Crippen LogP contribution in [0.15, 0.2) is 12.2 Å². The molecule has 0 spiro atoms. The Balaban J connectivity index is 2.23. The smallest absolute Gasteiger partial charge is 0.0202 e. The Hall–Kier alpha value is -0.260. The lowest BCUT2D eigenvalue weighted by atomic mass is 9.96. The topological polar surface area (TPSA) is 0 Å². The lowest BCUT2D eigenvalue weighted by Gasteiger charge is -2.09. The Morgan fingerprint density at radius 2 is 2.12 bits per heavy atom. The van der Waals surface area contributed by atoms with Crippen LogP contribution in [0.3, 0.4) is 0 Å². The minimum Gasteiger partial charge on any atom is -0.0851 e. The molecular formula is C8H12. The van der Waals surface area contributed by atoms with Crippen molar-refractivity contribution in [2.24, 2.45) is 17.8 Å². The van der Waals surface area contributed by atoms with Crippen LogP contribution in [0.1, 0.15) is 19.8 Å². The standard InChI is InChI=1S/C8H12/c1-6-4-7-2-3-8(6)5-7/h2-3,6-8H,4-5H2,1H3/t6?,7-,8-/m1/s1. The highest BCUT2D eigenvalue weighted by atomic mass is 14.4. The second kappa shape index (κ2) is 1.37. The predicted molar refractivity (Wildman–Crippen MR) is 34.5 cm³/mol. The average molecular weight is 108 g/mol. The highest BCUT2D eigenvalue weighted by molar-refractivity contribution is 5.08. The van der Waals surface area contributed by atoms with E-state index in [9.17, 15) is 0 Å². The average Bonchev–Trinajstić information content (AvgIpc) is 2.23.